The molecule has 1 aliphatic heterocycles. The Balaban J connectivity index is 2.20. The number of hydrogen-bond acceptors (Lipinski definition) is 3. The third-order valence-electron chi connectivity index (χ3n) is 4.06. The lowest BCUT2D eigenvalue weighted by Crippen LogP contribution is -2.25. The van der Waals surface area contributed by atoms with Crippen molar-refractivity contribution in [3.63, 3.8) is 0 Å². The second kappa shape index (κ2) is 5.16. The number of nitrogens with two attached hydrogens (primary N) is 1. The zero-order valence-electron chi connectivity index (χ0n) is 12.2. The first-order chi connectivity index (χ1) is 9.70. The number of nitrogen functional groups attached to an aromatic ring is 1. The van der Waals surface area contributed by atoms with E-state index in [0.29, 0.717) is 5.82 Å². The topological polar surface area (TPSA) is 42.1 Å². The molecule has 1 aliphatic rings. The Morgan fingerprint density at radius 3 is 2.85 bits per heavy atom. The Hall–Kier alpha value is -2.03. The van der Waals surface area contributed by atoms with E-state index in [1.165, 1.54) is 28.8 Å². The SMILES string of the molecule is CCc1nc(N)ccc1-c1cccc2c1N(C)CCC2. The molecule has 0 aliphatic carbocycles. The molecular formula is C17H21N3. The largest absolute Gasteiger partial charge is 0.384 e. The van der Waals surface area contributed by atoms with E-state index in [4.69, 9.17) is 5.73 Å². The monoisotopic (exact) mass is 267 g/mol. The van der Waals surface area contributed by atoms with Crippen LogP contribution in [-0.4, -0.2) is 18.6 Å². The normalized spacial score (nSPS) is 14.2. The van der Waals surface area contributed by atoms with Crippen molar-refractivity contribution in [3.8, 4) is 11.1 Å². The number of pyridine rings is 1. The lowest BCUT2D eigenvalue weighted by molar-refractivity contribution is 0.745. The maximum atomic E-state index is 5.82. The van der Waals surface area contributed by atoms with Crippen LogP contribution in [0.25, 0.3) is 11.1 Å². The molecule has 0 saturated carbocycles. The molecule has 0 radical (unpaired) electrons. The van der Waals surface area contributed by atoms with Gasteiger partial charge in [0.2, 0.25) is 0 Å². The molecule has 0 bridgehead atoms. The van der Waals surface area contributed by atoms with Crippen LogP contribution in [-0.2, 0) is 12.8 Å². The molecule has 104 valence electrons. The van der Waals surface area contributed by atoms with Crippen molar-refractivity contribution < 1.29 is 0 Å². The summed E-state index contributed by atoms with van der Waals surface area (Å²) in [4.78, 5) is 6.87. The summed E-state index contributed by atoms with van der Waals surface area (Å²) in [5, 5.41) is 0. The fourth-order valence-electron chi connectivity index (χ4n) is 3.11. The van der Waals surface area contributed by atoms with Crippen molar-refractivity contribution in [2.24, 2.45) is 0 Å². The summed E-state index contributed by atoms with van der Waals surface area (Å²) in [5.74, 6) is 0.601. The van der Waals surface area contributed by atoms with Crippen molar-refractivity contribution in [3.05, 3.63) is 41.6 Å². The molecule has 2 heterocycles. The minimum Gasteiger partial charge on any atom is -0.384 e. The first-order valence-electron chi connectivity index (χ1n) is 7.29. The summed E-state index contributed by atoms with van der Waals surface area (Å²) in [6.07, 6.45) is 3.29. The smallest absolute Gasteiger partial charge is 0.123 e. The maximum absolute atomic E-state index is 5.82. The minimum atomic E-state index is 0.601. The molecular weight excluding hydrogens is 246 g/mol. The van der Waals surface area contributed by atoms with Crippen molar-refractivity contribution in [1.29, 1.82) is 0 Å². The number of para-hydroxylation sites is 1. The van der Waals surface area contributed by atoms with Crippen molar-refractivity contribution in [2.45, 2.75) is 26.2 Å². The van der Waals surface area contributed by atoms with Crippen LogP contribution < -0.4 is 10.6 Å². The Kier molecular flexibility index (Phi) is 3.35. The molecule has 2 N–H and O–H groups in total. The van der Waals surface area contributed by atoms with E-state index in [1.54, 1.807) is 0 Å². The lowest BCUT2D eigenvalue weighted by Gasteiger charge is -2.30. The number of anilines is 2. The summed E-state index contributed by atoms with van der Waals surface area (Å²) in [7, 11) is 2.18. The highest BCUT2D eigenvalue weighted by molar-refractivity contribution is 5.83. The highest BCUT2D eigenvalue weighted by Gasteiger charge is 2.19. The third kappa shape index (κ3) is 2.13. The standard InChI is InChI=1S/C17H21N3/c1-3-15-13(9-10-16(18)19-15)14-8-4-6-12-7-5-11-20(2)17(12)14/h4,6,8-10H,3,5,7,11H2,1-2H3,(H2,18,19). The van der Waals surface area contributed by atoms with Crippen LogP contribution in [0.2, 0.25) is 0 Å². The van der Waals surface area contributed by atoms with Gasteiger partial charge in [0, 0.05) is 30.4 Å². The number of rotatable bonds is 2. The molecule has 0 atom stereocenters. The highest BCUT2D eigenvalue weighted by Crippen LogP contribution is 2.38. The second-order valence-corrected chi connectivity index (χ2v) is 5.42. The van der Waals surface area contributed by atoms with Gasteiger partial charge in [0.15, 0.2) is 0 Å². The number of aryl methyl sites for hydroxylation is 2. The Morgan fingerprint density at radius 1 is 1.20 bits per heavy atom. The van der Waals surface area contributed by atoms with Gasteiger partial charge in [0.1, 0.15) is 5.82 Å². The lowest BCUT2D eigenvalue weighted by atomic mass is 9.93. The molecule has 20 heavy (non-hydrogen) atoms. The predicted octanol–water partition coefficient (Wildman–Crippen LogP) is 3.28. The molecule has 0 unspecified atom stereocenters. The molecule has 0 fully saturated rings. The van der Waals surface area contributed by atoms with E-state index in [9.17, 15) is 0 Å². The van der Waals surface area contributed by atoms with Gasteiger partial charge in [0.25, 0.3) is 0 Å². The fourth-order valence-corrected chi connectivity index (χ4v) is 3.11. The van der Waals surface area contributed by atoms with E-state index in [-0.39, 0.29) is 0 Å². The summed E-state index contributed by atoms with van der Waals surface area (Å²) in [5.41, 5.74) is 12.2. The third-order valence-corrected chi connectivity index (χ3v) is 4.06. The fraction of sp³-hybridized carbons (Fsp3) is 0.353. The molecule has 0 amide bonds. The number of hydrogen-bond donors (Lipinski definition) is 1. The average molecular weight is 267 g/mol. The number of nitrogens with zero attached hydrogens (tertiary/aromatic N) is 2. The first-order valence-corrected chi connectivity index (χ1v) is 7.29. The number of aromatic nitrogens is 1. The first kappa shape index (κ1) is 13.0. The highest BCUT2D eigenvalue weighted by atomic mass is 15.1. The van der Waals surface area contributed by atoms with Gasteiger partial charge in [-0.15, -0.1) is 0 Å². The van der Waals surface area contributed by atoms with E-state index in [0.717, 1.165) is 25.1 Å². The van der Waals surface area contributed by atoms with Gasteiger partial charge in [0.05, 0.1) is 5.69 Å². The molecule has 3 rings (SSSR count). The molecule has 3 heteroatoms. The van der Waals surface area contributed by atoms with Crippen molar-refractivity contribution in [2.75, 3.05) is 24.2 Å². The van der Waals surface area contributed by atoms with Crippen LogP contribution in [0.5, 0.6) is 0 Å². The summed E-state index contributed by atoms with van der Waals surface area (Å²) >= 11 is 0. The zero-order valence-corrected chi connectivity index (χ0v) is 12.2. The maximum Gasteiger partial charge on any atom is 0.123 e. The van der Waals surface area contributed by atoms with Crippen LogP contribution >= 0.6 is 0 Å². The summed E-state index contributed by atoms with van der Waals surface area (Å²) < 4.78 is 0. The average Bonchev–Trinajstić information content (AvgIpc) is 2.47. The molecule has 0 saturated heterocycles. The van der Waals surface area contributed by atoms with Gasteiger partial charge < -0.3 is 10.6 Å². The molecule has 2 aromatic rings. The minimum absolute atomic E-state index is 0.601. The molecule has 1 aromatic carbocycles. The van der Waals surface area contributed by atoms with Gasteiger partial charge in [-0.1, -0.05) is 25.1 Å². The second-order valence-electron chi connectivity index (χ2n) is 5.42. The summed E-state index contributed by atoms with van der Waals surface area (Å²) in [6.45, 7) is 3.25. The van der Waals surface area contributed by atoms with Gasteiger partial charge in [-0.25, -0.2) is 4.98 Å². The van der Waals surface area contributed by atoms with E-state index >= 15 is 0 Å². The van der Waals surface area contributed by atoms with Gasteiger partial charge in [-0.2, -0.15) is 0 Å². The molecule has 1 aromatic heterocycles. The van der Waals surface area contributed by atoms with Gasteiger partial charge in [-0.05, 0) is 37.0 Å². The number of benzene rings is 1. The van der Waals surface area contributed by atoms with Crippen LogP contribution in [0, 0.1) is 0 Å². The molecule has 0 spiro atoms. The van der Waals surface area contributed by atoms with Crippen molar-refractivity contribution >= 4 is 11.5 Å². The zero-order chi connectivity index (χ0) is 14.1. The van der Waals surface area contributed by atoms with Crippen LogP contribution in [0.3, 0.4) is 0 Å². The van der Waals surface area contributed by atoms with Gasteiger partial charge in [-0.3, -0.25) is 0 Å². The summed E-state index contributed by atoms with van der Waals surface area (Å²) in [6, 6.07) is 10.6. The quantitative estimate of drug-likeness (QED) is 0.908. The van der Waals surface area contributed by atoms with Crippen LogP contribution in [0.1, 0.15) is 24.6 Å². The van der Waals surface area contributed by atoms with E-state index in [2.05, 4.69) is 48.1 Å². The van der Waals surface area contributed by atoms with E-state index < -0.39 is 0 Å². The van der Waals surface area contributed by atoms with Gasteiger partial charge >= 0.3 is 0 Å². The Bertz CT molecular complexity index is 634. The van der Waals surface area contributed by atoms with E-state index in [1.807, 2.05) is 6.07 Å². The van der Waals surface area contributed by atoms with Crippen LogP contribution in [0.4, 0.5) is 11.5 Å². The van der Waals surface area contributed by atoms with Crippen LogP contribution in [0.15, 0.2) is 30.3 Å². The number of fused-ring (bicyclic) bond motifs is 1. The molecule has 3 nitrogen and oxygen atoms in total. The van der Waals surface area contributed by atoms with Crippen molar-refractivity contribution in [1.82, 2.24) is 4.98 Å². The Morgan fingerprint density at radius 2 is 2.05 bits per heavy atom. The predicted molar refractivity (Wildman–Crippen MR) is 85.1 cm³/mol. The Labute approximate surface area is 120 Å².